The lowest BCUT2D eigenvalue weighted by atomic mass is 9.59. The first kappa shape index (κ1) is 36.8. The Morgan fingerprint density at radius 2 is 1.00 bits per heavy atom. The fourth-order valence-corrected chi connectivity index (χ4v) is 13.2. The van der Waals surface area contributed by atoms with Gasteiger partial charge in [-0.25, -0.2) is 0 Å². The smallest absolute Gasteiger partial charge is 0.0736 e. The summed E-state index contributed by atoms with van der Waals surface area (Å²) in [6, 6.07) is 82.1. The summed E-state index contributed by atoms with van der Waals surface area (Å²) < 4.78 is 2.46. The van der Waals surface area contributed by atoms with Crippen molar-refractivity contribution in [3.8, 4) is 27.9 Å². The van der Waals surface area contributed by atoms with Crippen LogP contribution in [-0.4, -0.2) is 4.57 Å². The van der Waals surface area contributed by atoms with E-state index in [4.69, 9.17) is 0 Å². The molecule has 2 aliphatic carbocycles. The van der Waals surface area contributed by atoms with Crippen LogP contribution in [-0.2, 0) is 10.8 Å². The van der Waals surface area contributed by atoms with E-state index in [0.29, 0.717) is 0 Å². The maximum absolute atomic E-state index is 2.51. The summed E-state index contributed by atoms with van der Waals surface area (Å²) in [6.07, 6.45) is 0. The number of anilines is 3. The molecule has 3 heteroatoms. The van der Waals surface area contributed by atoms with Gasteiger partial charge in [0.1, 0.15) is 0 Å². The van der Waals surface area contributed by atoms with Crippen LogP contribution in [0.25, 0.3) is 60.5 Å². The molecule has 1 atom stereocenters. The first-order valence-corrected chi connectivity index (χ1v) is 23.5. The Morgan fingerprint density at radius 1 is 0.385 bits per heavy atom. The molecule has 0 saturated heterocycles. The molecule has 1 aliphatic heterocycles. The number of hydrogen-bond donors (Lipinski definition) is 0. The van der Waals surface area contributed by atoms with Gasteiger partial charge in [-0.3, -0.25) is 0 Å². The summed E-state index contributed by atoms with van der Waals surface area (Å²) in [4.78, 5) is 5.05. The zero-order chi connectivity index (χ0) is 43.0. The highest BCUT2D eigenvalue weighted by Gasteiger charge is 2.49. The highest BCUT2D eigenvalue weighted by Crippen LogP contribution is 2.62. The van der Waals surface area contributed by atoms with Crippen LogP contribution in [0.1, 0.15) is 47.2 Å². The largest absolute Gasteiger partial charge is 0.310 e. The fraction of sp³-hybridized carbons (Fsp3) is 0.0645. The Morgan fingerprint density at radius 3 is 1.86 bits per heavy atom. The lowest BCUT2D eigenvalue weighted by molar-refractivity contribution is 0.660. The SMILES string of the molecule is CC1(C)c2ccccc2-c2cc(-n3c4ccccc4c4cc(N(c5ccccc5)c5ccc6c(c5)C5(c7ccccc7S6)c6ccccc6-c6cccc7cccc5c67)ccc43)ccc21. The van der Waals surface area contributed by atoms with Gasteiger partial charge in [0.05, 0.1) is 16.4 Å². The molecule has 14 rings (SSSR count). The molecule has 2 heterocycles. The van der Waals surface area contributed by atoms with Gasteiger partial charge in [0.15, 0.2) is 0 Å². The first-order valence-electron chi connectivity index (χ1n) is 22.7. The Labute approximate surface area is 383 Å². The quantitative estimate of drug-likeness (QED) is 0.174. The van der Waals surface area contributed by atoms with Crippen molar-refractivity contribution in [1.29, 1.82) is 0 Å². The number of nitrogens with zero attached hydrogens (tertiary/aromatic N) is 2. The second kappa shape index (κ2) is 13.5. The molecule has 0 saturated carbocycles. The number of rotatable bonds is 4. The summed E-state index contributed by atoms with van der Waals surface area (Å²) in [5.74, 6) is 0. The molecular formula is C62H42N2S. The number of aromatic nitrogens is 1. The molecule has 1 aromatic heterocycles. The van der Waals surface area contributed by atoms with Crippen molar-refractivity contribution in [3.05, 3.63) is 252 Å². The predicted molar refractivity (Wildman–Crippen MR) is 272 cm³/mol. The van der Waals surface area contributed by atoms with E-state index in [1.54, 1.807) is 0 Å². The minimum Gasteiger partial charge on any atom is -0.310 e. The van der Waals surface area contributed by atoms with Crippen molar-refractivity contribution >= 4 is 61.4 Å². The molecule has 1 unspecified atom stereocenters. The van der Waals surface area contributed by atoms with E-state index in [-0.39, 0.29) is 5.41 Å². The van der Waals surface area contributed by atoms with Crippen LogP contribution < -0.4 is 4.90 Å². The van der Waals surface area contributed by atoms with Gasteiger partial charge in [-0.15, -0.1) is 0 Å². The van der Waals surface area contributed by atoms with Crippen molar-refractivity contribution < 1.29 is 0 Å². The maximum atomic E-state index is 2.51. The molecular weight excluding hydrogens is 805 g/mol. The van der Waals surface area contributed by atoms with Crippen LogP contribution in [0.15, 0.2) is 228 Å². The molecule has 0 N–H and O–H groups in total. The highest BCUT2D eigenvalue weighted by molar-refractivity contribution is 7.99. The van der Waals surface area contributed by atoms with E-state index in [9.17, 15) is 0 Å². The minimum absolute atomic E-state index is 0.0440. The third-order valence-electron chi connectivity index (χ3n) is 14.8. The Bertz CT molecular complexity index is 3800. The number of fused-ring (bicyclic) bond motifs is 14. The summed E-state index contributed by atoms with van der Waals surface area (Å²) in [7, 11) is 0. The summed E-state index contributed by atoms with van der Waals surface area (Å²) in [5.41, 5.74) is 19.7. The average molecular weight is 847 g/mol. The Kier molecular flexibility index (Phi) is 7.63. The molecule has 0 amide bonds. The van der Waals surface area contributed by atoms with Gasteiger partial charge in [0.2, 0.25) is 0 Å². The topological polar surface area (TPSA) is 8.17 Å². The molecule has 0 fully saturated rings. The molecule has 2 nitrogen and oxygen atoms in total. The standard InChI is InChI=1S/C62H42N2S/c1-61(2)50-24-9-6-21-45(50)48-36-42(30-33-51(48)61)64-56-28-12-8-22-46(56)49-37-41(31-34-57(49)64)63(40-18-4-3-5-19-40)43-32-35-59-55(38-43)62(53-26-11-13-29-58(53)65-59)52-25-10-7-20-44(52)47-23-14-16-39-17-15-27-54(62)60(39)47/h3-38H,1-2H3. The lowest BCUT2D eigenvalue weighted by Gasteiger charge is -2.46. The van der Waals surface area contributed by atoms with Crippen LogP contribution in [0.2, 0.25) is 0 Å². The molecule has 1 spiro atoms. The number of hydrogen-bond acceptors (Lipinski definition) is 2. The third-order valence-corrected chi connectivity index (χ3v) is 16.0. The Balaban J connectivity index is 0.998. The zero-order valence-corrected chi connectivity index (χ0v) is 36.9. The van der Waals surface area contributed by atoms with Crippen molar-refractivity contribution in [2.24, 2.45) is 0 Å². The van der Waals surface area contributed by atoms with E-state index < -0.39 is 5.41 Å². The second-order valence-electron chi connectivity index (χ2n) is 18.4. The zero-order valence-electron chi connectivity index (χ0n) is 36.1. The molecule has 10 aromatic carbocycles. The van der Waals surface area contributed by atoms with Crippen molar-refractivity contribution in [2.45, 2.75) is 34.5 Å². The third kappa shape index (κ3) is 4.96. The minimum atomic E-state index is -0.539. The molecule has 3 aliphatic rings. The van der Waals surface area contributed by atoms with Gasteiger partial charge in [0, 0.05) is 48.7 Å². The van der Waals surface area contributed by atoms with Crippen LogP contribution in [0.5, 0.6) is 0 Å². The second-order valence-corrected chi connectivity index (χ2v) is 19.5. The molecule has 65 heavy (non-hydrogen) atoms. The van der Waals surface area contributed by atoms with Crippen molar-refractivity contribution in [2.75, 3.05) is 4.90 Å². The normalized spacial score (nSPS) is 16.0. The molecule has 11 aromatic rings. The molecule has 0 radical (unpaired) electrons. The predicted octanol–water partition coefficient (Wildman–Crippen LogP) is 16.5. The van der Waals surface area contributed by atoms with E-state index in [0.717, 1.165) is 17.1 Å². The Hall–Kier alpha value is -7.59. The van der Waals surface area contributed by atoms with Crippen LogP contribution in [0.3, 0.4) is 0 Å². The van der Waals surface area contributed by atoms with Crippen molar-refractivity contribution in [3.63, 3.8) is 0 Å². The van der Waals surface area contributed by atoms with Gasteiger partial charge in [0.25, 0.3) is 0 Å². The summed E-state index contributed by atoms with van der Waals surface area (Å²) in [5, 5.41) is 5.07. The van der Waals surface area contributed by atoms with E-state index >= 15 is 0 Å². The van der Waals surface area contributed by atoms with Gasteiger partial charge >= 0.3 is 0 Å². The van der Waals surface area contributed by atoms with Gasteiger partial charge in [-0.05, 0) is 139 Å². The maximum Gasteiger partial charge on any atom is 0.0736 e. The van der Waals surface area contributed by atoms with Crippen molar-refractivity contribution in [1.82, 2.24) is 4.57 Å². The molecule has 306 valence electrons. The van der Waals surface area contributed by atoms with Gasteiger partial charge in [-0.1, -0.05) is 171 Å². The van der Waals surface area contributed by atoms with Crippen LogP contribution in [0.4, 0.5) is 17.1 Å². The van der Waals surface area contributed by atoms with Crippen LogP contribution >= 0.6 is 11.8 Å². The fourth-order valence-electron chi connectivity index (χ4n) is 12.1. The number of para-hydroxylation sites is 2. The first-order chi connectivity index (χ1) is 32.0. The van der Waals surface area contributed by atoms with E-state index in [2.05, 4.69) is 242 Å². The molecule has 0 bridgehead atoms. The summed E-state index contributed by atoms with van der Waals surface area (Å²) in [6.45, 7) is 4.71. The highest BCUT2D eigenvalue weighted by atomic mass is 32.2. The lowest BCUT2D eigenvalue weighted by Crippen LogP contribution is -2.36. The monoisotopic (exact) mass is 846 g/mol. The van der Waals surface area contributed by atoms with Crippen LogP contribution in [0, 0.1) is 0 Å². The van der Waals surface area contributed by atoms with E-state index in [1.165, 1.54) is 104 Å². The van der Waals surface area contributed by atoms with Gasteiger partial charge in [-0.2, -0.15) is 0 Å². The van der Waals surface area contributed by atoms with Gasteiger partial charge < -0.3 is 9.47 Å². The number of benzene rings is 10. The average Bonchev–Trinajstić information content (AvgIpc) is 3.80. The van der Waals surface area contributed by atoms with E-state index in [1.807, 2.05) is 11.8 Å². The summed E-state index contributed by atoms with van der Waals surface area (Å²) >= 11 is 1.89.